The first kappa shape index (κ1) is 16.9. The molecule has 1 fully saturated rings. The van der Waals surface area contributed by atoms with Crippen LogP contribution in [-0.2, 0) is 10.0 Å². The lowest BCUT2D eigenvalue weighted by atomic mass is 10.3. The Kier molecular flexibility index (Phi) is 6.23. The van der Waals surface area contributed by atoms with Crippen LogP contribution in [0.1, 0.15) is 40.5 Å². The summed E-state index contributed by atoms with van der Waals surface area (Å²) >= 11 is 0. The van der Waals surface area contributed by atoms with Crippen molar-refractivity contribution in [1.82, 2.24) is 14.9 Å². The zero-order valence-electron chi connectivity index (χ0n) is 12.8. The maximum Gasteiger partial charge on any atom is 0.215 e. The fraction of sp³-hybridized carbons (Fsp3) is 1.00. The molecule has 1 aliphatic carbocycles. The Labute approximate surface area is 118 Å². The quantitative estimate of drug-likeness (QED) is 0.659. The predicted octanol–water partition coefficient (Wildman–Crippen LogP) is 0.775. The van der Waals surface area contributed by atoms with E-state index >= 15 is 0 Å². The molecular formula is C13H29N3O2S. The van der Waals surface area contributed by atoms with E-state index in [9.17, 15) is 8.42 Å². The second-order valence-corrected chi connectivity index (χ2v) is 8.20. The summed E-state index contributed by atoms with van der Waals surface area (Å²) in [5.41, 5.74) is 0. The van der Waals surface area contributed by atoms with Gasteiger partial charge in [-0.05, 0) is 33.7 Å². The Morgan fingerprint density at radius 2 is 1.74 bits per heavy atom. The molecule has 0 spiro atoms. The molecule has 1 aliphatic rings. The Hall–Kier alpha value is -0.170. The smallest absolute Gasteiger partial charge is 0.215 e. The van der Waals surface area contributed by atoms with Crippen LogP contribution in [0.15, 0.2) is 0 Å². The number of nitrogens with one attached hydrogen (secondary N) is 2. The third-order valence-corrected chi connectivity index (χ3v) is 5.54. The normalized spacial score (nSPS) is 19.9. The number of likely N-dealkylation sites (N-methyl/N-ethyl adjacent to an activating group) is 1. The van der Waals surface area contributed by atoms with E-state index in [1.807, 2.05) is 13.8 Å². The van der Waals surface area contributed by atoms with Crippen LogP contribution in [0.2, 0.25) is 0 Å². The molecule has 0 bridgehead atoms. The van der Waals surface area contributed by atoms with Crippen molar-refractivity contribution in [1.29, 1.82) is 0 Å². The van der Waals surface area contributed by atoms with Gasteiger partial charge in [0.05, 0.1) is 5.25 Å². The lowest BCUT2D eigenvalue weighted by molar-refractivity contribution is 0.248. The van der Waals surface area contributed by atoms with E-state index < -0.39 is 15.3 Å². The van der Waals surface area contributed by atoms with Gasteiger partial charge in [-0.1, -0.05) is 13.8 Å². The van der Waals surface area contributed by atoms with E-state index in [0.29, 0.717) is 25.2 Å². The van der Waals surface area contributed by atoms with Crippen LogP contribution in [0, 0.1) is 0 Å². The molecule has 0 aliphatic heterocycles. The second-order valence-electron chi connectivity index (χ2n) is 6.01. The third kappa shape index (κ3) is 5.77. The molecule has 19 heavy (non-hydrogen) atoms. The van der Waals surface area contributed by atoms with Crippen molar-refractivity contribution in [2.75, 3.05) is 20.1 Å². The van der Waals surface area contributed by atoms with Crippen molar-refractivity contribution in [3.8, 4) is 0 Å². The average molecular weight is 291 g/mol. The molecule has 0 aromatic carbocycles. The molecule has 1 saturated carbocycles. The minimum Gasteiger partial charge on any atom is -0.313 e. The number of rotatable bonds is 9. The van der Waals surface area contributed by atoms with Crippen molar-refractivity contribution >= 4 is 10.0 Å². The highest BCUT2D eigenvalue weighted by atomic mass is 32.2. The van der Waals surface area contributed by atoms with Crippen LogP contribution in [0.5, 0.6) is 0 Å². The van der Waals surface area contributed by atoms with E-state index in [1.54, 1.807) is 6.92 Å². The summed E-state index contributed by atoms with van der Waals surface area (Å²) in [4.78, 5) is 2.26. The van der Waals surface area contributed by atoms with Crippen LogP contribution in [0.4, 0.5) is 0 Å². The van der Waals surface area contributed by atoms with Crippen molar-refractivity contribution in [2.24, 2.45) is 0 Å². The molecule has 0 radical (unpaired) electrons. The Morgan fingerprint density at radius 3 is 2.21 bits per heavy atom. The van der Waals surface area contributed by atoms with Crippen molar-refractivity contribution in [3.05, 3.63) is 0 Å². The van der Waals surface area contributed by atoms with Crippen LogP contribution in [-0.4, -0.2) is 56.8 Å². The molecule has 2 N–H and O–H groups in total. The van der Waals surface area contributed by atoms with Gasteiger partial charge >= 0.3 is 0 Å². The van der Waals surface area contributed by atoms with E-state index in [2.05, 4.69) is 28.9 Å². The Morgan fingerprint density at radius 1 is 1.16 bits per heavy atom. The monoisotopic (exact) mass is 291 g/mol. The topological polar surface area (TPSA) is 61.4 Å². The highest BCUT2D eigenvalue weighted by Crippen LogP contribution is 2.26. The van der Waals surface area contributed by atoms with Gasteiger partial charge in [0.15, 0.2) is 0 Å². The van der Waals surface area contributed by atoms with Gasteiger partial charge in [-0.25, -0.2) is 13.1 Å². The molecule has 0 heterocycles. The number of hydrogen-bond donors (Lipinski definition) is 2. The number of nitrogens with zero attached hydrogens (tertiary/aromatic N) is 1. The van der Waals surface area contributed by atoms with Gasteiger partial charge in [-0.3, -0.25) is 4.90 Å². The summed E-state index contributed by atoms with van der Waals surface area (Å²) < 4.78 is 26.9. The van der Waals surface area contributed by atoms with Crippen LogP contribution in [0.25, 0.3) is 0 Å². The van der Waals surface area contributed by atoms with Gasteiger partial charge in [-0.2, -0.15) is 0 Å². The molecule has 114 valence electrons. The maximum atomic E-state index is 12.1. The fourth-order valence-electron chi connectivity index (χ4n) is 1.88. The molecule has 0 amide bonds. The summed E-state index contributed by atoms with van der Waals surface area (Å²) in [6.45, 7) is 8.81. The minimum absolute atomic E-state index is 0.243. The number of hydrogen-bond acceptors (Lipinski definition) is 4. The van der Waals surface area contributed by atoms with Gasteiger partial charge in [-0.15, -0.1) is 0 Å². The minimum atomic E-state index is -3.23. The molecule has 0 saturated heterocycles. The zero-order chi connectivity index (χ0) is 14.6. The molecular weight excluding hydrogens is 262 g/mol. The summed E-state index contributed by atoms with van der Waals surface area (Å²) in [7, 11) is -1.16. The molecule has 5 nitrogen and oxygen atoms in total. The number of sulfonamides is 1. The zero-order valence-corrected chi connectivity index (χ0v) is 13.6. The van der Waals surface area contributed by atoms with Gasteiger partial charge < -0.3 is 5.32 Å². The molecule has 2 unspecified atom stereocenters. The standard InChI is InChI=1S/C13H29N3O2S/c1-10(2)14-9-12(4)19(17,18)15-8-11(3)16(5)13-6-7-13/h10-15H,6-9H2,1-5H3. The van der Waals surface area contributed by atoms with Crippen molar-refractivity contribution < 1.29 is 8.42 Å². The summed E-state index contributed by atoms with van der Waals surface area (Å²) in [6, 6.07) is 1.20. The van der Waals surface area contributed by atoms with Crippen LogP contribution < -0.4 is 10.0 Å². The predicted molar refractivity (Wildman–Crippen MR) is 79.8 cm³/mol. The first-order valence-electron chi connectivity index (χ1n) is 7.17. The maximum absolute atomic E-state index is 12.1. The van der Waals surface area contributed by atoms with E-state index in [0.717, 1.165) is 0 Å². The molecule has 0 aromatic rings. The molecule has 2 atom stereocenters. The summed E-state index contributed by atoms with van der Waals surface area (Å²) in [5.74, 6) is 0. The summed E-state index contributed by atoms with van der Waals surface area (Å²) in [5, 5.41) is 2.75. The van der Waals surface area contributed by atoms with E-state index in [-0.39, 0.29) is 6.04 Å². The Bertz CT molecular complexity index is 366. The van der Waals surface area contributed by atoms with Crippen molar-refractivity contribution in [3.63, 3.8) is 0 Å². The molecule has 1 rings (SSSR count). The lowest BCUT2D eigenvalue weighted by Crippen LogP contribution is -2.46. The van der Waals surface area contributed by atoms with Gasteiger partial charge in [0, 0.05) is 31.2 Å². The fourth-order valence-corrected chi connectivity index (χ4v) is 2.95. The first-order chi connectivity index (χ1) is 8.74. The van der Waals surface area contributed by atoms with E-state index in [1.165, 1.54) is 12.8 Å². The largest absolute Gasteiger partial charge is 0.313 e. The van der Waals surface area contributed by atoms with Crippen LogP contribution >= 0.6 is 0 Å². The lowest BCUT2D eigenvalue weighted by Gasteiger charge is -2.25. The average Bonchev–Trinajstić information content (AvgIpc) is 3.16. The molecule has 6 heteroatoms. The SMILES string of the molecule is CC(C)NCC(C)S(=O)(=O)NCC(C)N(C)C1CC1. The molecule has 0 aromatic heterocycles. The Balaban J connectivity index is 2.36. The third-order valence-electron chi connectivity index (χ3n) is 3.74. The second kappa shape index (κ2) is 7.02. The van der Waals surface area contributed by atoms with Gasteiger partial charge in [0.2, 0.25) is 10.0 Å². The van der Waals surface area contributed by atoms with Gasteiger partial charge in [0.1, 0.15) is 0 Å². The van der Waals surface area contributed by atoms with Crippen molar-refractivity contribution in [2.45, 2.75) is 63.9 Å². The highest BCUT2D eigenvalue weighted by Gasteiger charge is 2.30. The van der Waals surface area contributed by atoms with Crippen LogP contribution in [0.3, 0.4) is 0 Å². The first-order valence-corrected chi connectivity index (χ1v) is 8.72. The highest BCUT2D eigenvalue weighted by molar-refractivity contribution is 7.90. The summed E-state index contributed by atoms with van der Waals surface area (Å²) in [6.07, 6.45) is 2.48. The van der Waals surface area contributed by atoms with E-state index in [4.69, 9.17) is 0 Å². The van der Waals surface area contributed by atoms with Gasteiger partial charge in [0.25, 0.3) is 0 Å².